The van der Waals surface area contributed by atoms with E-state index in [1.165, 1.54) is 0 Å². The summed E-state index contributed by atoms with van der Waals surface area (Å²) in [6, 6.07) is 15.1. The van der Waals surface area contributed by atoms with Gasteiger partial charge >= 0.3 is 0 Å². The van der Waals surface area contributed by atoms with Gasteiger partial charge in [-0.3, -0.25) is 4.98 Å². The summed E-state index contributed by atoms with van der Waals surface area (Å²) in [4.78, 5) is 6.68. The average molecular weight is 432 g/mol. The molecule has 28 heavy (non-hydrogen) atoms. The number of halogens is 2. The molecular formula is C21H19Cl2N3OS. The van der Waals surface area contributed by atoms with Gasteiger partial charge in [0.2, 0.25) is 0 Å². The number of aromatic nitrogens is 1. The van der Waals surface area contributed by atoms with E-state index in [-0.39, 0.29) is 18.1 Å². The maximum Gasteiger partial charge on any atom is 0.170 e. The van der Waals surface area contributed by atoms with Crippen LogP contribution in [0.3, 0.4) is 0 Å². The molecule has 0 saturated carbocycles. The van der Waals surface area contributed by atoms with E-state index in [4.69, 9.17) is 39.8 Å². The van der Waals surface area contributed by atoms with Gasteiger partial charge in [0.15, 0.2) is 5.11 Å². The molecule has 1 aliphatic heterocycles. The first-order valence-corrected chi connectivity index (χ1v) is 10.2. The second-order valence-electron chi connectivity index (χ2n) is 6.95. The number of benzene rings is 1. The molecule has 0 amide bonds. The first kappa shape index (κ1) is 19.2. The molecule has 1 fully saturated rings. The van der Waals surface area contributed by atoms with Gasteiger partial charge in [-0.25, -0.2) is 0 Å². The van der Waals surface area contributed by atoms with Gasteiger partial charge < -0.3 is 14.6 Å². The molecule has 1 aromatic carbocycles. The first-order valence-electron chi connectivity index (χ1n) is 9.00. The van der Waals surface area contributed by atoms with Crippen LogP contribution in [0.2, 0.25) is 10.0 Å². The number of rotatable bonds is 4. The molecule has 0 spiro atoms. The molecule has 4 rings (SSSR count). The molecule has 1 aliphatic rings. The van der Waals surface area contributed by atoms with E-state index in [0.717, 1.165) is 17.0 Å². The topological polar surface area (TPSA) is 41.3 Å². The molecule has 2 aromatic heterocycles. The largest absolute Gasteiger partial charge is 0.459 e. The summed E-state index contributed by atoms with van der Waals surface area (Å²) in [7, 11) is 0. The second kappa shape index (κ2) is 7.74. The zero-order valence-electron chi connectivity index (χ0n) is 15.4. The molecule has 3 heterocycles. The maximum absolute atomic E-state index is 6.36. The van der Waals surface area contributed by atoms with Gasteiger partial charge in [0.05, 0.1) is 16.8 Å². The van der Waals surface area contributed by atoms with Gasteiger partial charge in [-0.2, -0.15) is 0 Å². The lowest BCUT2D eigenvalue weighted by Gasteiger charge is -2.29. The maximum atomic E-state index is 6.36. The van der Waals surface area contributed by atoms with Crippen molar-refractivity contribution in [3.63, 3.8) is 0 Å². The summed E-state index contributed by atoms with van der Waals surface area (Å²) in [5.41, 5.74) is 1.72. The summed E-state index contributed by atoms with van der Waals surface area (Å²) in [6.45, 7) is 4.23. The predicted molar refractivity (Wildman–Crippen MR) is 117 cm³/mol. The van der Waals surface area contributed by atoms with Gasteiger partial charge in [-0.05, 0) is 68.5 Å². The molecule has 3 aromatic rings. The quantitative estimate of drug-likeness (QED) is 0.510. The Bertz CT molecular complexity index is 1010. The Morgan fingerprint density at radius 3 is 2.64 bits per heavy atom. The summed E-state index contributed by atoms with van der Waals surface area (Å²) >= 11 is 18.0. The number of nitrogens with zero attached hydrogens (tertiary/aromatic N) is 2. The summed E-state index contributed by atoms with van der Waals surface area (Å²) in [6.07, 6.45) is 1.79. The number of hydrogen-bond donors (Lipinski definition) is 1. The third-order valence-electron chi connectivity index (χ3n) is 4.81. The van der Waals surface area contributed by atoms with E-state index in [1.807, 2.05) is 36.4 Å². The standard InChI is InChI=1S/C21H19Cl2N3OS/c1-12(2)26-20(19(25-21(26)28)16-5-3-4-10-24-16)18-9-8-17(27-18)14-7-6-13(22)11-15(14)23/h3-12,19-20H,1-2H3,(H,25,28)/t19-,20+/m1/s1. The van der Waals surface area contributed by atoms with Crippen LogP contribution >= 0.6 is 35.4 Å². The lowest BCUT2D eigenvalue weighted by Crippen LogP contribution is -2.35. The monoisotopic (exact) mass is 431 g/mol. The molecule has 0 bridgehead atoms. The smallest absolute Gasteiger partial charge is 0.170 e. The Balaban J connectivity index is 1.76. The Kier molecular flexibility index (Phi) is 5.32. The SMILES string of the molecule is CC(C)N1C(=S)N[C@H](c2ccccn2)[C@@H]1c1ccc(-c2ccc(Cl)cc2Cl)o1. The third kappa shape index (κ3) is 3.50. The molecule has 1 N–H and O–H groups in total. The highest BCUT2D eigenvalue weighted by atomic mass is 35.5. The van der Waals surface area contributed by atoms with Crippen molar-refractivity contribution in [2.75, 3.05) is 0 Å². The molecule has 7 heteroatoms. The second-order valence-corrected chi connectivity index (χ2v) is 8.18. The summed E-state index contributed by atoms with van der Waals surface area (Å²) in [5, 5.41) is 5.24. The van der Waals surface area contributed by atoms with Gasteiger partial charge in [0, 0.05) is 22.8 Å². The lowest BCUT2D eigenvalue weighted by molar-refractivity contribution is 0.237. The third-order valence-corrected chi connectivity index (χ3v) is 5.68. The molecule has 0 unspecified atom stereocenters. The number of thiocarbonyl (C=S) groups is 1. The summed E-state index contributed by atoms with van der Waals surface area (Å²) in [5.74, 6) is 1.50. The van der Waals surface area contributed by atoms with E-state index < -0.39 is 0 Å². The highest BCUT2D eigenvalue weighted by Crippen LogP contribution is 2.42. The highest BCUT2D eigenvalue weighted by Gasteiger charge is 2.42. The van der Waals surface area contributed by atoms with E-state index >= 15 is 0 Å². The first-order chi connectivity index (χ1) is 13.5. The van der Waals surface area contributed by atoms with Crippen molar-refractivity contribution in [2.45, 2.75) is 32.0 Å². The van der Waals surface area contributed by atoms with Gasteiger partial charge in [0.25, 0.3) is 0 Å². The average Bonchev–Trinajstić information content (AvgIpc) is 3.26. The van der Waals surface area contributed by atoms with Crippen molar-refractivity contribution in [1.29, 1.82) is 0 Å². The van der Waals surface area contributed by atoms with Crippen LogP contribution < -0.4 is 5.32 Å². The zero-order chi connectivity index (χ0) is 19.8. The zero-order valence-corrected chi connectivity index (χ0v) is 17.7. The number of pyridine rings is 1. The van der Waals surface area contributed by atoms with E-state index in [0.29, 0.717) is 20.9 Å². The molecule has 2 atom stereocenters. The number of furan rings is 1. The van der Waals surface area contributed by atoms with Crippen molar-refractivity contribution in [1.82, 2.24) is 15.2 Å². The fourth-order valence-corrected chi connectivity index (χ4v) is 4.52. The molecule has 4 nitrogen and oxygen atoms in total. The normalized spacial score (nSPS) is 19.3. The van der Waals surface area contributed by atoms with Crippen molar-refractivity contribution in [2.24, 2.45) is 0 Å². The predicted octanol–water partition coefficient (Wildman–Crippen LogP) is 6.03. The van der Waals surface area contributed by atoms with Crippen LogP contribution in [-0.2, 0) is 0 Å². The van der Waals surface area contributed by atoms with Crippen LogP contribution in [0.1, 0.15) is 37.4 Å². The molecule has 0 radical (unpaired) electrons. The fraction of sp³-hybridized carbons (Fsp3) is 0.238. The van der Waals surface area contributed by atoms with Crippen LogP contribution in [0, 0.1) is 0 Å². The minimum Gasteiger partial charge on any atom is -0.459 e. The van der Waals surface area contributed by atoms with Crippen molar-refractivity contribution >= 4 is 40.5 Å². The fourth-order valence-electron chi connectivity index (χ4n) is 3.57. The minimum atomic E-state index is -0.109. The Morgan fingerprint density at radius 2 is 1.96 bits per heavy atom. The van der Waals surface area contributed by atoms with Gasteiger partial charge in [-0.15, -0.1) is 0 Å². The van der Waals surface area contributed by atoms with Gasteiger partial charge in [0.1, 0.15) is 17.6 Å². The minimum absolute atomic E-state index is 0.101. The Labute approximate surface area is 179 Å². The van der Waals surface area contributed by atoms with Crippen LogP contribution in [-0.4, -0.2) is 21.0 Å². The molecule has 1 saturated heterocycles. The van der Waals surface area contributed by atoms with Crippen molar-refractivity contribution < 1.29 is 4.42 Å². The van der Waals surface area contributed by atoms with Crippen LogP contribution in [0.25, 0.3) is 11.3 Å². The molecule has 144 valence electrons. The van der Waals surface area contributed by atoms with Gasteiger partial charge in [-0.1, -0.05) is 29.3 Å². The Hall–Kier alpha value is -2.08. The molecular weight excluding hydrogens is 413 g/mol. The Morgan fingerprint density at radius 1 is 1.14 bits per heavy atom. The van der Waals surface area contributed by atoms with E-state index in [9.17, 15) is 0 Å². The van der Waals surface area contributed by atoms with E-state index in [1.54, 1.807) is 18.3 Å². The highest BCUT2D eigenvalue weighted by molar-refractivity contribution is 7.80. The van der Waals surface area contributed by atoms with Crippen LogP contribution in [0.4, 0.5) is 0 Å². The number of hydrogen-bond acceptors (Lipinski definition) is 3. The van der Waals surface area contributed by atoms with Crippen molar-refractivity contribution in [3.05, 3.63) is 76.2 Å². The van der Waals surface area contributed by atoms with Crippen LogP contribution in [0.5, 0.6) is 0 Å². The lowest BCUT2D eigenvalue weighted by atomic mass is 10.0. The van der Waals surface area contributed by atoms with E-state index in [2.05, 4.69) is 29.0 Å². The van der Waals surface area contributed by atoms with Crippen molar-refractivity contribution in [3.8, 4) is 11.3 Å². The molecule has 0 aliphatic carbocycles. The number of nitrogens with one attached hydrogen (secondary N) is 1. The summed E-state index contributed by atoms with van der Waals surface area (Å²) < 4.78 is 6.26. The van der Waals surface area contributed by atoms with Crippen LogP contribution in [0.15, 0.2) is 59.1 Å².